The van der Waals surface area contributed by atoms with Crippen molar-refractivity contribution in [2.24, 2.45) is 0 Å². The zero-order chi connectivity index (χ0) is 3.54. The summed E-state index contributed by atoms with van der Waals surface area (Å²) >= 11 is 0. The van der Waals surface area contributed by atoms with E-state index in [1.54, 1.807) is 0 Å². The fourth-order valence-corrected chi connectivity index (χ4v) is 0.321. The van der Waals surface area contributed by atoms with Gasteiger partial charge in [-0.2, -0.15) is 0 Å². The molecule has 0 atom stereocenters. The van der Waals surface area contributed by atoms with Gasteiger partial charge in [-0.05, 0) is 0 Å². The Labute approximate surface area is 68.3 Å². The van der Waals surface area contributed by atoms with Gasteiger partial charge in [-0.25, -0.2) is 0 Å². The van der Waals surface area contributed by atoms with Crippen molar-refractivity contribution in [3.05, 3.63) is 30.7 Å². The number of rotatable bonds is 0. The third-order valence-electron chi connectivity index (χ3n) is 0.556. The Kier molecular flexibility index (Phi) is 4.42. The molecule has 0 bridgehead atoms. The van der Waals surface area contributed by atoms with E-state index < -0.39 is 0 Å². The van der Waals surface area contributed by atoms with Gasteiger partial charge in [0.05, 0.1) is 0 Å². The molecule has 0 fully saturated rings. The Balaban J connectivity index is 0.000000250. The van der Waals surface area contributed by atoms with Crippen LogP contribution in [0.5, 0.6) is 0 Å². The van der Waals surface area contributed by atoms with Gasteiger partial charge in [0.2, 0.25) is 0 Å². The van der Waals surface area contributed by atoms with Crippen molar-refractivity contribution in [2.75, 3.05) is 0 Å². The van der Waals surface area contributed by atoms with Crippen LogP contribution in [0, 0.1) is 44.6 Å². The van der Waals surface area contributed by atoms with Gasteiger partial charge in [0.1, 0.15) is 0 Å². The summed E-state index contributed by atoms with van der Waals surface area (Å²) < 4.78 is 0. The summed E-state index contributed by atoms with van der Waals surface area (Å²) in [5.74, 6) is 0. The van der Waals surface area contributed by atoms with E-state index >= 15 is 0 Å². The molecule has 6 heavy (non-hydrogen) atoms. The first-order valence-corrected chi connectivity index (χ1v) is 1.67. The van der Waals surface area contributed by atoms with Gasteiger partial charge in [0.25, 0.3) is 0 Å². The van der Waals surface area contributed by atoms with Crippen LogP contribution in [0.15, 0.2) is 24.3 Å². The SMILES string of the molecule is [CH]1C=CC=C1.[Dy]. The van der Waals surface area contributed by atoms with Crippen LogP contribution in [0.4, 0.5) is 0 Å². The Morgan fingerprint density at radius 3 is 1.33 bits per heavy atom. The molecule has 0 aromatic heterocycles. The molecule has 0 aliphatic heterocycles. The van der Waals surface area contributed by atoms with Crippen molar-refractivity contribution < 1.29 is 38.2 Å². The molecule has 0 heterocycles. The molecule has 1 aliphatic carbocycles. The number of allylic oxidation sites excluding steroid dienone is 4. The van der Waals surface area contributed by atoms with Crippen LogP contribution >= 0.6 is 0 Å². The molecule has 0 aromatic rings. The van der Waals surface area contributed by atoms with Crippen LogP contribution in [-0.4, -0.2) is 0 Å². The minimum atomic E-state index is 0. The normalized spacial score (nSPS) is 14.7. The minimum absolute atomic E-state index is 0. The van der Waals surface area contributed by atoms with Gasteiger partial charge in [0, 0.05) is 44.6 Å². The van der Waals surface area contributed by atoms with Gasteiger partial charge in [0.15, 0.2) is 0 Å². The average Bonchev–Trinajstić information content (AvgIpc) is 1.76. The topological polar surface area (TPSA) is 0 Å². The first-order valence-electron chi connectivity index (χ1n) is 1.67. The van der Waals surface area contributed by atoms with E-state index in [1.807, 2.05) is 30.7 Å². The molecule has 0 saturated heterocycles. The average molecular weight is 228 g/mol. The summed E-state index contributed by atoms with van der Waals surface area (Å²) in [5.41, 5.74) is 0. The summed E-state index contributed by atoms with van der Waals surface area (Å²) in [6, 6.07) is 0. The molecule has 1 rings (SSSR count). The summed E-state index contributed by atoms with van der Waals surface area (Å²) in [6.07, 6.45) is 10.0. The number of hydrogen-bond donors (Lipinski definition) is 0. The van der Waals surface area contributed by atoms with Crippen molar-refractivity contribution in [3.63, 3.8) is 0 Å². The smallest absolute Gasteiger partial charge is 0.00506 e. The zero-order valence-electron chi connectivity index (χ0n) is 3.20. The van der Waals surface area contributed by atoms with E-state index in [0.717, 1.165) is 0 Å². The minimum Gasteiger partial charge on any atom is -0.0767 e. The monoisotopic (exact) mass is 229 g/mol. The largest absolute Gasteiger partial charge is 0.0767 e. The fourth-order valence-electron chi connectivity index (χ4n) is 0.321. The second-order valence-corrected chi connectivity index (χ2v) is 0.962. The third kappa shape index (κ3) is 2.02. The molecule has 0 nitrogen and oxygen atoms in total. The molecule has 0 saturated carbocycles. The van der Waals surface area contributed by atoms with E-state index in [4.69, 9.17) is 0 Å². The quantitative estimate of drug-likeness (QED) is 0.586. The van der Waals surface area contributed by atoms with Gasteiger partial charge in [-0.3, -0.25) is 0 Å². The molecule has 0 N–H and O–H groups in total. The van der Waals surface area contributed by atoms with Crippen molar-refractivity contribution in [3.8, 4) is 0 Å². The Bertz CT molecular complexity index is 62.0. The van der Waals surface area contributed by atoms with Gasteiger partial charge < -0.3 is 0 Å². The molecule has 1 aliphatic rings. The van der Waals surface area contributed by atoms with Crippen LogP contribution < -0.4 is 0 Å². The molecule has 0 aromatic carbocycles. The summed E-state index contributed by atoms with van der Waals surface area (Å²) in [6.45, 7) is 0. The maximum absolute atomic E-state index is 2.00. The molecule has 1 heteroatoms. The van der Waals surface area contributed by atoms with Crippen LogP contribution in [-0.2, 0) is 0 Å². The zero-order valence-corrected chi connectivity index (χ0v) is 5.23. The predicted molar refractivity (Wildman–Crippen MR) is 22.6 cm³/mol. The van der Waals surface area contributed by atoms with Crippen LogP contribution in [0.25, 0.3) is 0 Å². The predicted octanol–water partition coefficient (Wildman–Crippen LogP) is 1.32. The van der Waals surface area contributed by atoms with Crippen molar-refractivity contribution >= 4 is 0 Å². The summed E-state index contributed by atoms with van der Waals surface area (Å²) in [4.78, 5) is 0. The van der Waals surface area contributed by atoms with E-state index in [2.05, 4.69) is 0 Å². The second-order valence-electron chi connectivity index (χ2n) is 0.962. The van der Waals surface area contributed by atoms with Gasteiger partial charge in [-0.1, -0.05) is 24.3 Å². The Morgan fingerprint density at radius 1 is 0.667 bits per heavy atom. The van der Waals surface area contributed by atoms with Crippen LogP contribution in [0.2, 0.25) is 0 Å². The van der Waals surface area contributed by atoms with E-state index in [-0.39, 0.29) is 38.2 Å². The molecule has 35 valence electrons. The van der Waals surface area contributed by atoms with E-state index in [9.17, 15) is 0 Å². The first kappa shape index (κ1) is 6.75. The number of hydrogen-bond acceptors (Lipinski definition) is 0. The third-order valence-corrected chi connectivity index (χ3v) is 0.556. The van der Waals surface area contributed by atoms with Crippen molar-refractivity contribution in [1.82, 2.24) is 0 Å². The van der Waals surface area contributed by atoms with E-state index in [1.165, 1.54) is 0 Å². The maximum atomic E-state index is 2.00. The standard InChI is InChI=1S/C5H5.Dy/c1-2-4-5-3-1;/h1-5H;. The first-order chi connectivity index (χ1) is 2.50. The van der Waals surface area contributed by atoms with Crippen molar-refractivity contribution in [2.45, 2.75) is 0 Å². The second kappa shape index (κ2) is 3.93. The Morgan fingerprint density at radius 2 is 1.17 bits per heavy atom. The van der Waals surface area contributed by atoms with Crippen LogP contribution in [0.3, 0.4) is 0 Å². The van der Waals surface area contributed by atoms with Gasteiger partial charge in [-0.15, -0.1) is 0 Å². The van der Waals surface area contributed by atoms with Crippen molar-refractivity contribution in [1.29, 1.82) is 0 Å². The van der Waals surface area contributed by atoms with Gasteiger partial charge >= 0.3 is 0 Å². The summed E-state index contributed by atoms with van der Waals surface area (Å²) in [7, 11) is 0. The molecule has 0 amide bonds. The van der Waals surface area contributed by atoms with Crippen LogP contribution in [0.1, 0.15) is 0 Å². The molecule has 0 unspecified atom stereocenters. The van der Waals surface area contributed by atoms with E-state index in [0.29, 0.717) is 0 Å². The fraction of sp³-hybridized carbons (Fsp3) is 0. The molecule has 0 spiro atoms. The maximum Gasteiger partial charge on any atom is 0.00506 e. The Hall–Kier alpha value is 0.753. The summed E-state index contributed by atoms with van der Waals surface area (Å²) in [5, 5.41) is 0. The molecule has 1 radical (unpaired) electrons. The molecular formula is C5H5Dy. The molecular weight excluding hydrogens is 223 g/mol.